The zero-order chi connectivity index (χ0) is 22.9. The lowest BCUT2D eigenvalue weighted by Crippen LogP contribution is -2.30. The normalized spacial score (nSPS) is 13.7. The van der Waals surface area contributed by atoms with Crippen molar-refractivity contribution in [2.24, 2.45) is 4.99 Å². The second-order valence-electron chi connectivity index (χ2n) is 7.79. The van der Waals surface area contributed by atoms with E-state index < -0.39 is 0 Å². The maximum atomic E-state index is 5.87. The van der Waals surface area contributed by atoms with Gasteiger partial charge < -0.3 is 19.5 Å². The predicted octanol–water partition coefficient (Wildman–Crippen LogP) is 3.91. The zero-order valence-corrected chi connectivity index (χ0v) is 19.9. The molecule has 3 aromatic rings. The van der Waals surface area contributed by atoms with Crippen molar-refractivity contribution in [3.05, 3.63) is 70.9 Å². The summed E-state index contributed by atoms with van der Waals surface area (Å²) in [5, 5.41) is 4.15. The van der Waals surface area contributed by atoms with E-state index in [0.717, 1.165) is 41.3 Å². The summed E-state index contributed by atoms with van der Waals surface area (Å²) in [7, 11) is 3.46. The molecule has 0 radical (unpaired) electrons. The minimum absolute atomic E-state index is 0.466. The van der Waals surface area contributed by atoms with Gasteiger partial charge in [0.25, 0.3) is 6.02 Å². The van der Waals surface area contributed by atoms with Crippen LogP contribution in [0.1, 0.15) is 16.1 Å². The summed E-state index contributed by atoms with van der Waals surface area (Å²) in [5.74, 6) is 0. The van der Waals surface area contributed by atoms with Crippen LogP contribution in [-0.4, -0.2) is 63.0 Å². The first-order chi connectivity index (χ1) is 16.2. The molecular formula is C25H30N4O3S. The van der Waals surface area contributed by atoms with E-state index in [1.54, 1.807) is 25.6 Å². The van der Waals surface area contributed by atoms with Gasteiger partial charge in [0.1, 0.15) is 11.6 Å². The molecule has 0 fully saturated rings. The van der Waals surface area contributed by atoms with Crippen LogP contribution in [-0.2, 0) is 27.4 Å². The molecular weight excluding hydrogens is 436 g/mol. The summed E-state index contributed by atoms with van der Waals surface area (Å²) < 4.78 is 17.5. The predicted molar refractivity (Wildman–Crippen MR) is 133 cm³/mol. The van der Waals surface area contributed by atoms with Crippen LogP contribution >= 0.6 is 11.3 Å². The molecule has 4 rings (SSSR count). The van der Waals surface area contributed by atoms with Gasteiger partial charge in [-0.15, -0.1) is 11.3 Å². The smallest absolute Gasteiger partial charge is 0.289 e. The Labute approximate surface area is 198 Å². The first-order valence-electron chi connectivity index (χ1n) is 11.0. The Kier molecular flexibility index (Phi) is 8.43. The zero-order valence-electron chi connectivity index (χ0n) is 19.1. The number of benzene rings is 2. The van der Waals surface area contributed by atoms with Gasteiger partial charge in [0.2, 0.25) is 0 Å². The molecule has 0 saturated carbocycles. The molecule has 0 atom stereocenters. The van der Waals surface area contributed by atoms with Crippen molar-refractivity contribution in [1.82, 2.24) is 15.2 Å². The fourth-order valence-electron chi connectivity index (χ4n) is 3.48. The van der Waals surface area contributed by atoms with Gasteiger partial charge in [-0.05, 0) is 23.3 Å². The number of hydrogen-bond acceptors (Lipinski definition) is 8. The Morgan fingerprint density at radius 2 is 1.70 bits per heavy atom. The van der Waals surface area contributed by atoms with Crippen molar-refractivity contribution in [3.63, 3.8) is 0 Å². The average Bonchev–Trinajstić information content (AvgIpc) is 3.30. The molecule has 1 aliphatic rings. The Bertz CT molecular complexity index is 1050. The van der Waals surface area contributed by atoms with E-state index in [0.29, 0.717) is 32.4 Å². The van der Waals surface area contributed by atoms with E-state index in [9.17, 15) is 0 Å². The van der Waals surface area contributed by atoms with Crippen molar-refractivity contribution < 1.29 is 14.2 Å². The molecule has 7 nitrogen and oxygen atoms in total. The molecule has 0 bridgehead atoms. The summed E-state index contributed by atoms with van der Waals surface area (Å²) in [6.45, 7) is 5.06. The van der Waals surface area contributed by atoms with Gasteiger partial charge in [-0.25, -0.2) is 9.98 Å². The SMILES string of the molecule is COCCN(CCOC)Cc1ccc(COC2=NCC(c3nc4ccccc4s3)=CN2)cc1. The number of fused-ring (bicyclic) bond motifs is 1. The Morgan fingerprint density at radius 1 is 0.970 bits per heavy atom. The quantitative estimate of drug-likeness (QED) is 0.462. The number of thiazole rings is 1. The van der Waals surface area contributed by atoms with Gasteiger partial charge >= 0.3 is 0 Å². The number of methoxy groups -OCH3 is 2. The molecule has 1 aromatic heterocycles. The number of amidine groups is 1. The van der Waals surface area contributed by atoms with E-state index in [1.165, 1.54) is 10.3 Å². The molecule has 1 N–H and O–H groups in total. The second-order valence-corrected chi connectivity index (χ2v) is 8.82. The highest BCUT2D eigenvalue weighted by atomic mass is 32.1. The number of rotatable bonds is 11. The number of para-hydroxylation sites is 1. The van der Waals surface area contributed by atoms with Gasteiger partial charge in [0.05, 0.1) is 30.0 Å². The van der Waals surface area contributed by atoms with Crippen molar-refractivity contribution in [1.29, 1.82) is 0 Å². The largest absolute Gasteiger partial charge is 0.460 e. The Hall–Kier alpha value is -2.78. The molecule has 2 heterocycles. The fraction of sp³-hybridized carbons (Fsp3) is 0.360. The standard InChI is InChI=1S/C25H30N4O3S/c1-30-13-11-29(12-14-31-2)17-19-7-9-20(10-8-19)18-32-25-26-15-21(16-27-25)24-28-22-5-3-4-6-23(22)33-24/h3-10,15H,11-14,16-18H2,1-2H3,(H,26,27). The highest BCUT2D eigenvalue weighted by molar-refractivity contribution is 7.19. The van der Waals surface area contributed by atoms with Gasteiger partial charge in [-0.3, -0.25) is 4.90 Å². The third-order valence-electron chi connectivity index (χ3n) is 5.36. The first kappa shape index (κ1) is 23.4. The van der Waals surface area contributed by atoms with Crippen molar-refractivity contribution in [2.75, 3.05) is 47.1 Å². The van der Waals surface area contributed by atoms with Crippen molar-refractivity contribution >= 4 is 33.1 Å². The highest BCUT2D eigenvalue weighted by Crippen LogP contribution is 2.27. The molecule has 8 heteroatoms. The van der Waals surface area contributed by atoms with Crippen LogP contribution in [0.15, 0.2) is 59.7 Å². The Balaban J connectivity index is 1.26. The van der Waals surface area contributed by atoms with E-state index in [1.807, 2.05) is 24.4 Å². The number of hydrogen-bond donors (Lipinski definition) is 1. The second kappa shape index (κ2) is 11.9. The minimum atomic E-state index is 0.466. The maximum absolute atomic E-state index is 5.87. The van der Waals surface area contributed by atoms with E-state index >= 15 is 0 Å². The lowest BCUT2D eigenvalue weighted by molar-refractivity contribution is 0.110. The van der Waals surface area contributed by atoms with Crippen LogP contribution in [0.3, 0.4) is 0 Å². The molecule has 1 aliphatic heterocycles. The van der Waals surface area contributed by atoms with Crippen molar-refractivity contribution in [2.45, 2.75) is 13.2 Å². The third-order valence-corrected chi connectivity index (χ3v) is 6.47. The van der Waals surface area contributed by atoms with Crippen LogP contribution in [0, 0.1) is 0 Å². The van der Waals surface area contributed by atoms with E-state index in [4.69, 9.17) is 19.2 Å². The number of aromatic nitrogens is 1. The Morgan fingerprint density at radius 3 is 2.36 bits per heavy atom. The molecule has 0 spiro atoms. The maximum Gasteiger partial charge on any atom is 0.289 e. The molecule has 33 heavy (non-hydrogen) atoms. The number of nitrogens with one attached hydrogen (secondary N) is 1. The molecule has 0 amide bonds. The van der Waals surface area contributed by atoms with Gasteiger partial charge in [-0.2, -0.15) is 0 Å². The summed E-state index contributed by atoms with van der Waals surface area (Å²) in [4.78, 5) is 11.6. The van der Waals surface area contributed by atoms with Crippen LogP contribution in [0.4, 0.5) is 0 Å². The molecule has 0 unspecified atom stereocenters. The van der Waals surface area contributed by atoms with Crippen LogP contribution < -0.4 is 5.32 Å². The van der Waals surface area contributed by atoms with E-state index in [-0.39, 0.29) is 0 Å². The van der Waals surface area contributed by atoms with Gasteiger partial charge in [0, 0.05) is 45.6 Å². The van der Waals surface area contributed by atoms with Crippen LogP contribution in [0.5, 0.6) is 0 Å². The summed E-state index contributed by atoms with van der Waals surface area (Å²) in [6.07, 6.45) is 1.94. The van der Waals surface area contributed by atoms with Crippen molar-refractivity contribution in [3.8, 4) is 0 Å². The summed E-state index contributed by atoms with van der Waals surface area (Å²) >= 11 is 1.68. The third kappa shape index (κ3) is 6.61. The van der Waals surface area contributed by atoms with Crippen LogP contribution in [0.2, 0.25) is 0 Å². The topological polar surface area (TPSA) is 68.2 Å². The number of ether oxygens (including phenoxy) is 3. The fourth-order valence-corrected chi connectivity index (χ4v) is 4.46. The van der Waals surface area contributed by atoms with Crippen LogP contribution in [0.25, 0.3) is 15.8 Å². The molecule has 0 saturated heterocycles. The average molecular weight is 467 g/mol. The van der Waals surface area contributed by atoms with E-state index in [2.05, 4.69) is 45.5 Å². The number of aliphatic imine (C=N–C) groups is 1. The highest BCUT2D eigenvalue weighted by Gasteiger charge is 2.13. The molecule has 2 aromatic carbocycles. The lowest BCUT2D eigenvalue weighted by atomic mass is 10.1. The summed E-state index contributed by atoms with van der Waals surface area (Å²) in [6, 6.07) is 17.2. The number of nitrogens with zero attached hydrogens (tertiary/aromatic N) is 3. The molecule has 174 valence electrons. The first-order valence-corrected chi connectivity index (χ1v) is 11.8. The lowest BCUT2D eigenvalue weighted by Gasteiger charge is -2.21. The summed E-state index contributed by atoms with van der Waals surface area (Å²) in [5.41, 5.74) is 4.44. The molecule has 0 aliphatic carbocycles. The minimum Gasteiger partial charge on any atom is -0.460 e. The van der Waals surface area contributed by atoms with Gasteiger partial charge in [0.15, 0.2) is 0 Å². The monoisotopic (exact) mass is 466 g/mol. The van der Waals surface area contributed by atoms with Gasteiger partial charge in [-0.1, -0.05) is 36.4 Å².